The predicted molar refractivity (Wildman–Crippen MR) is 109 cm³/mol. The van der Waals surface area contributed by atoms with E-state index in [1.165, 1.54) is 11.3 Å². The number of fused-ring (bicyclic) bond motifs is 1. The normalized spacial score (nSPS) is 11.9. The first-order valence-electron chi connectivity index (χ1n) is 9.12. The Kier molecular flexibility index (Phi) is 6.42. The van der Waals surface area contributed by atoms with E-state index in [1.807, 2.05) is 67.8 Å². The molecule has 0 aliphatic rings. The van der Waals surface area contributed by atoms with Crippen molar-refractivity contribution in [1.82, 2.24) is 4.57 Å². The molecule has 3 rings (SSSR count). The third kappa shape index (κ3) is 4.46. The smallest absolute Gasteiger partial charge is 0.279 e. The average molecular weight is 385 g/mol. The number of ether oxygens (including phenoxy) is 2. The SMILES string of the molecule is CCOCCn1c(=NC(=O)c2ccccc2C)sc2cc(OCC)ccc21. The summed E-state index contributed by atoms with van der Waals surface area (Å²) in [5.74, 6) is 0.592. The van der Waals surface area contributed by atoms with Gasteiger partial charge in [0.15, 0.2) is 4.80 Å². The Labute approximate surface area is 162 Å². The van der Waals surface area contributed by atoms with Crippen molar-refractivity contribution < 1.29 is 14.3 Å². The second kappa shape index (κ2) is 8.97. The molecule has 0 unspecified atom stereocenters. The molecule has 0 radical (unpaired) electrons. The quantitative estimate of drug-likeness (QED) is 0.574. The Hall–Kier alpha value is -2.44. The highest BCUT2D eigenvalue weighted by Gasteiger charge is 2.11. The van der Waals surface area contributed by atoms with Gasteiger partial charge in [0.05, 0.1) is 23.4 Å². The number of hydrogen-bond donors (Lipinski definition) is 0. The van der Waals surface area contributed by atoms with E-state index >= 15 is 0 Å². The third-order valence-electron chi connectivity index (χ3n) is 4.20. The largest absolute Gasteiger partial charge is 0.494 e. The van der Waals surface area contributed by atoms with Crippen LogP contribution in [0.25, 0.3) is 10.2 Å². The molecular formula is C21H24N2O3S. The Morgan fingerprint density at radius 2 is 1.96 bits per heavy atom. The fourth-order valence-corrected chi connectivity index (χ4v) is 3.95. The summed E-state index contributed by atoms with van der Waals surface area (Å²) < 4.78 is 14.2. The van der Waals surface area contributed by atoms with Crippen LogP contribution >= 0.6 is 11.3 Å². The monoisotopic (exact) mass is 384 g/mol. The molecule has 27 heavy (non-hydrogen) atoms. The molecule has 0 fully saturated rings. The number of rotatable bonds is 7. The van der Waals surface area contributed by atoms with Crippen molar-refractivity contribution in [2.24, 2.45) is 4.99 Å². The van der Waals surface area contributed by atoms with Gasteiger partial charge in [-0.3, -0.25) is 4.79 Å². The minimum atomic E-state index is -0.227. The van der Waals surface area contributed by atoms with E-state index in [4.69, 9.17) is 9.47 Å². The van der Waals surface area contributed by atoms with Crippen molar-refractivity contribution in [3.63, 3.8) is 0 Å². The summed E-state index contributed by atoms with van der Waals surface area (Å²) in [5, 5.41) is 0. The number of aryl methyl sites for hydroxylation is 1. The van der Waals surface area contributed by atoms with Gasteiger partial charge in [0.25, 0.3) is 5.91 Å². The van der Waals surface area contributed by atoms with Crippen LogP contribution in [0, 0.1) is 6.92 Å². The first kappa shape index (κ1) is 19.3. The van der Waals surface area contributed by atoms with Gasteiger partial charge >= 0.3 is 0 Å². The number of aromatic nitrogens is 1. The lowest BCUT2D eigenvalue weighted by molar-refractivity contribution is 0.0996. The number of amides is 1. The summed E-state index contributed by atoms with van der Waals surface area (Å²) in [7, 11) is 0. The van der Waals surface area contributed by atoms with Gasteiger partial charge in [0, 0.05) is 18.7 Å². The molecule has 0 saturated carbocycles. The molecule has 2 aromatic carbocycles. The standard InChI is InChI=1S/C21H24N2O3S/c1-4-25-13-12-23-18-11-10-16(26-5-2)14-19(18)27-21(23)22-20(24)17-9-7-6-8-15(17)3/h6-11,14H,4-5,12-13H2,1-3H3. The van der Waals surface area contributed by atoms with Gasteiger partial charge < -0.3 is 14.0 Å². The highest BCUT2D eigenvalue weighted by molar-refractivity contribution is 7.16. The van der Waals surface area contributed by atoms with Crippen LogP contribution in [0.4, 0.5) is 0 Å². The van der Waals surface area contributed by atoms with Crippen LogP contribution in [0.1, 0.15) is 29.8 Å². The van der Waals surface area contributed by atoms with Crippen molar-refractivity contribution in [1.29, 1.82) is 0 Å². The lowest BCUT2D eigenvalue weighted by atomic mass is 10.1. The molecule has 1 heterocycles. The van der Waals surface area contributed by atoms with Gasteiger partial charge in [0.1, 0.15) is 5.75 Å². The second-order valence-electron chi connectivity index (χ2n) is 6.03. The molecule has 0 bridgehead atoms. The molecule has 0 aliphatic carbocycles. The molecule has 6 heteroatoms. The maximum absolute atomic E-state index is 12.7. The van der Waals surface area contributed by atoms with Crippen LogP contribution in [-0.2, 0) is 11.3 Å². The van der Waals surface area contributed by atoms with Gasteiger partial charge in [-0.15, -0.1) is 0 Å². The van der Waals surface area contributed by atoms with Crippen molar-refractivity contribution in [3.8, 4) is 5.75 Å². The molecule has 0 N–H and O–H groups in total. The molecule has 5 nitrogen and oxygen atoms in total. The number of nitrogens with zero attached hydrogens (tertiary/aromatic N) is 2. The predicted octanol–water partition coefficient (Wildman–Crippen LogP) is 4.19. The number of thiazole rings is 1. The van der Waals surface area contributed by atoms with Crippen LogP contribution in [0.15, 0.2) is 47.5 Å². The molecule has 0 aliphatic heterocycles. The second-order valence-corrected chi connectivity index (χ2v) is 7.04. The van der Waals surface area contributed by atoms with Crippen LogP contribution in [0.3, 0.4) is 0 Å². The van der Waals surface area contributed by atoms with Gasteiger partial charge in [-0.2, -0.15) is 4.99 Å². The molecule has 1 amide bonds. The molecular weight excluding hydrogens is 360 g/mol. The van der Waals surface area contributed by atoms with Crippen LogP contribution in [0.5, 0.6) is 5.75 Å². The van der Waals surface area contributed by atoms with E-state index in [2.05, 4.69) is 4.99 Å². The molecule has 0 spiro atoms. The van der Waals surface area contributed by atoms with Crippen molar-refractivity contribution in [2.75, 3.05) is 19.8 Å². The van der Waals surface area contributed by atoms with E-state index in [9.17, 15) is 4.79 Å². The summed E-state index contributed by atoms with van der Waals surface area (Å²) in [6.45, 7) is 8.34. The third-order valence-corrected chi connectivity index (χ3v) is 5.24. The molecule has 3 aromatic rings. The number of carbonyl (C=O) groups excluding carboxylic acids is 1. The fourth-order valence-electron chi connectivity index (χ4n) is 2.87. The van der Waals surface area contributed by atoms with Crippen LogP contribution in [0.2, 0.25) is 0 Å². The van der Waals surface area contributed by atoms with E-state index in [-0.39, 0.29) is 5.91 Å². The zero-order valence-corrected chi connectivity index (χ0v) is 16.7. The number of carbonyl (C=O) groups is 1. The Morgan fingerprint density at radius 3 is 2.70 bits per heavy atom. The molecule has 0 saturated heterocycles. The first-order chi connectivity index (χ1) is 13.1. The maximum Gasteiger partial charge on any atom is 0.279 e. The van der Waals surface area contributed by atoms with Crippen LogP contribution < -0.4 is 9.54 Å². The zero-order valence-electron chi connectivity index (χ0n) is 15.9. The highest BCUT2D eigenvalue weighted by atomic mass is 32.1. The van der Waals surface area contributed by atoms with Crippen molar-refractivity contribution in [2.45, 2.75) is 27.3 Å². The van der Waals surface area contributed by atoms with Gasteiger partial charge in [-0.1, -0.05) is 29.5 Å². The zero-order chi connectivity index (χ0) is 19.2. The maximum atomic E-state index is 12.7. The first-order valence-corrected chi connectivity index (χ1v) is 9.94. The molecule has 142 valence electrons. The van der Waals surface area contributed by atoms with E-state index in [0.29, 0.717) is 36.7 Å². The Bertz CT molecular complexity index is 1000. The lowest BCUT2D eigenvalue weighted by Gasteiger charge is -2.07. The number of hydrogen-bond acceptors (Lipinski definition) is 4. The minimum absolute atomic E-state index is 0.227. The lowest BCUT2D eigenvalue weighted by Crippen LogP contribution is -2.20. The van der Waals surface area contributed by atoms with Crippen molar-refractivity contribution in [3.05, 3.63) is 58.4 Å². The molecule has 0 atom stereocenters. The summed E-state index contributed by atoms with van der Waals surface area (Å²) in [4.78, 5) is 17.8. The highest BCUT2D eigenvalue weighted by Crippen LogP contribution is 2.23. The summed E-state index contributed by atoms with van der Waals surface area (Å²) in [6, 6.07) is 13.5. The topological polar surface area (TPSA) is 52.8 Å². The van der Waals surface area contributed by atoms with Gasteiger partial charge in [-0.05, 0) is 50.6 Å². The summed E-state index contributed by atoms with van der Waals surface area (Å²) >= 11 is 1.49. The van der Waals surface area contributed by atoms with Crippen molar-refractivity contribution >= 4 is 27.5 Å². The Morgan fingerprint density at radius 1 is 1.15 bits per heavy atom. The number of benzene rings is 2. The molecule has 1 aromatic heterocycles. The van der Waals surface area contributed by atoms with Gasteiger partial charge in [0.2, 0.25) is 0 Å². The summed E-state index contributed by atoms with van der Waals surface area (Å²) in [5.41, 5.74) is 2.58. The van der Waals surface area contributed by atoms with Crippen LogP contribution in [-0.4, -0.2) is 30.3 Å². The Balaban J connectivity index is 2.07. The van der Waals surface area contributed by atoms with E-state index in [1.54, 1.807) is 0 Å². The minimum Gasteiger partial charge on any atom is -0.494 e. The van der Waals surface area contributed by atoms with Gasteiger partial charge in [-0.25, -0.2) is 0 Å². The average Bonchev–Trinajstić information content (AvgIpc) is 2.99. The van der Waals surface area contributed by atoms with E-state index < -0.39 is 0 Å². The summed E-state index contributed by atoms with van der Waals surface area (Å²) in [6.07, 6.45) is 0. The fraction of sp³-hybridized carbons (Fsp3) is 0.333. The van der Waals surface area contributed by atoms with E-state index in [0.717, 1.165) is 21.5 Å².